The molecule has 0 saturated carbocycles. The zero-order valence-corrected chi connectivity index (χ0v) is 18.1. The topological polar surface area (TPSA) is 72.4 Å². The summed E-state index contributed by atoms with van der Waals surface area (Å²) < 4.78 is 11.4. The smallest absolute Gasteiger partial charge is 0.176 e. The fourth-order valence-electron chi connectivity index (χ4n) is 3.80. The molecule has 6 nitrogen and oxygen atoms in total. The third-order valence-corrected chi connectivity index (χ3v) is 5.32. The average Bonchev–Trinajstić information content (AvgIpc) is 2.60. The highest BCUT2D eigenvalue weighted by molar-refractivity contribution is 6.38. The van der Waals surface area contributed by atoms with Crippen molar-refractivity contribution >= 4 is 17.6 Å². The Bertz CT molecular complexity index is 765. The van der Waals surface area contributed by atoms with Gasteiger partial charge in [0.25, 0.3) is 0 Å². The number of benzene rings is 1. The summed E-state index contributed by atoms with van der Waals surface area (Å²) in [6.07, 6.45) is 1.42. The highest BCUT2D eigenvalue weighted by Crippen LogP contribution is 2.36. The van der Waals surface area contributed by atoms with E-state index in [0.717, 1.165) is 24.2 Å². The minimum absolute atomic E-state index is 0.0617. The standard InChI is InChI=1S/C22H34N4O2/c1-15-8-19(26-11-21(3,4)12-26)16(2)7-17(15)18(25-23)9-24-10-20-27-13-22(5,6)14-28-20/h7-9,20H,10-14,23H2,1-6H3/b24-9?,25-18+. The lowest BCUT2D eigenvalue weighted by Crippen LogP contribution is -2.53. The van der Waals surface area contributed by atoms with Crippen molar-refractivity contribution in [1.82, 2.24) is 0 Å². The van der Waals surface area contributed by atoms with E-state index in [4.69, 9.17) is 15.3 Å². The Morgan fingerprint density at radius 3 is 2.32 bits per heavy atom. The Kier molecular flexibility index (Phi) is 5.82. The van der Waals surface area contributed by atoms with Gasteiger partial charge in [-0.2, -0.15) is 5.10 Å². The molecule has 0 unspecified atom stereocenters. The molecular weight excluding hydrogens is 352 g/mol. The maximum atomic E-state index is 5.72. The number of anilines is 1. The lowest BCUT2D eigenvalue weighted by Gasteiger charge is -2.48. The Morgan fingerprint density at radius 2 is 1.75 bits per heavy atom. The lowest BCUT2D eigenvalue weighted by molar-refractivity contribution is -0.215. The number of rotatable bonds is 5. The van der Waals surface area contributed by atoms with Crippen LogP contribution in [0.25, 0.3) is 0 Å². The van der Waals surface area contributed by atoms with Crippen molar-refractivity contribution in [3.8, 4) is 0 Å². The van der Waals surface area contributed by atoms with Crippen LogP contribution in [0.3, 0.4) is 0 Å². The van der Waals surface area contributed by atoms with Crippen LogP contribution in [-0.4, -0.2) is 51.1 Å². The third kappa shape index (κ3) is 4.73. The number of aryl methyl sites for hydroxylation is 2. The molecule has 0 atom stereocenters. The van der Waals surface area contributed by atoms with Gasteiger partial charge in [-0.15, -0.1) is 0 Å². The van der Waals surface area contributed by atoms with Gasteiger partial charge >= 0.3 is 0 Å². The van der Waals surface area contributed by atoms with Crippen LogP contribution in [0.4, 0.5) is 5.69 Å². The van der Waals surface area contributed by atoms with E-state index < -0.39 is 0 Å². The van der Waals surface area contributed by atoms with Gasteiger partial charge in [-0.1, -0.05) is 27.7 Å². The molecule has 1 aromatic rings. The van der Waals surface area contributed by atoms with Crippen LogP contribution >= 0.6 is 0 Å². The summed E-state index contributed by atoms with van der Waals surface area (Å²) >= 11 is 0. The van der Waals surface area contributed by atoms with Crippen molar-refractivity contribution in [2.24, 2.45) is 26.8 Å². The normalized spacial score (nSPS) is 22.5. The van der Waals surface area contributed by atoms with Crippen LogP contribution in [0.5, 0.6) is 0 Å². The first-order valence-electron chi connectivity index (χ1n) is 9.98. The van der Waals surface area contributed by atoms with E-state index >= 15 is 0 Å². The van der Waals surface area contributed by atoms with Gasteiger partial charge in [0.2, 0.25) is 0 Å². The number of aliphatic imine (C=N–C) groups is 1. The minimum Gasteiger partial charge on any atom is -0.370 e. The van der Waals surface area contributed by atoms with E-state index in [1.54, 1.807) is 6.21 Å². The van der Waals surface area contributed by atoms with E-state index in [9.17, 15) is 0 Å². The SMILES string of the molecule is Cc1cc(N2CC(C)(C)C2)c(C)cc1/C(C=NCC1OCC(C)(C)CO1)=N/N. The molecular formula is C22H34N4O2. The molecule has 28 heavy (non-hydrogen) atoms. The van der Waals surface area contributed by atoms with Crippen LogP contribution in [0.15, 0.2) is 22.2 Å². The maximum absolute atomic E-state index is 5.72. The van der Waals surface area contributed by atoms with Crippen molar-refractivity contribution in [2.75, 3.05) is 37.7 Å². The van der Waals surface area contributed by atoms with Crippen molar-refractivity contribution in [2.45, 2.75) is 47.8 Å². The molecule has 1 aromatic carbocycles. The number of ether oxygens (including phenoxy) is 2. The van der Waals surface area contributed by atoms with E-state index in [-0.39, 0.29) is 11.7 Å². The van der Waals surface area contributed by atoms with Gasteiger partial charge in [0.15, 0.2) is 6.29 Å². The first-order valence-corrected chi connectivity index (χ1v) is 9.98. The second kappa shape index (κ2) is 7.84. The first kappa shape index (κ1) is 20.8. The molecule has 154 valence electrons. The van der Waals surface area contributed by atoms with Crippen molar-refractivity contribution in [1.29, 1.82) is 0 Å². The number of hydrogen-bond acceptors (Lipinski definition) is 6. The molecule has 0 radical (unpaired) electrons. The van der Waals surface area contributed by atoms with Gasteiger partial charge < -0.3 is 20.2 Å². The zero-order valence-electron chi connectivity index (χ0n) is 18.1. The summed E-state index contributed by atoms with van der Waals surface area (Å²) in [6, 6.07) is 4.39. The van der Waals surface area contributed by atoms with Gasteiger partial charge in [-0.3, -0.25) is 4.99 Å². The molecule has 2 aliphatic rings. The predicted molar refractivity (Wildman–Crippen MR) is 115 cm³/mol. The van der Waals surface area contributed by atoms with Gasteiger partial charge in [0.1, 0.15) is 5.71 Å². The molecule has 2 N–H and O–H groups in total. The molecule has 2 heterocycles. The van der Waals surface area contributed by atoms with E-state index in [0.29, 0.717) is 30.9 Å². The molecule has 2 saturated heterocycles. The molecule has 0 aliphatic carbocycles. The monoisotopic (exact) mass is 386 g/mol. The molecule has 0 spiro atoms. The van der Waals surface area contributed by atoms with E-state index in [1.165, 1.54) is 11.3 Å². The van der Waals surface area contributed by atoms with Crippen LogP contribution in [0.1, 0.15) is 44.4 Å². The van der Waals surface area contributed by atoms with Gasteiger partial charge in [0, 0.05) is 36.0 Å². The number of nitrogens with zero attached hydrogens (tertiary/aromatic N) is 3. The molecule has 0 aromatic heterocycles. The zero-order chi connectivity index (χ0) is 20.5. The summed E-state index contributed by atoms with van der Waals surface area (Å²) in [5, 5.41) is 3.97. The van der Waals surface area contributed by atoms with Gasteiger partial charge in [-0.25, -0.2) is 0 Å². The third-order valence-electron chi connectivity index (χ3n) is 5.32. The lowest BCUT2D eigenvalue weighted by atomic mass is 9.83. The summed E-state index contributed by atoms with van der Waals surface area (Å²) in [6.45, 7) is 17.1. The summed E-state index contributed by atoms with van der Waals surface area (Å²) in [7, 11) is 0. The summed E-state index contributed by atoms with van der Waals surface area (Å²) in [4.78, 5) is 6.90. The second-order valence-electron chi connectivity index (χ2n) is 9.70. The van der Waals surface area contributed by atoms with Crippen LogP contribution in [0, 0.1) is 24.7 Å². The average molecular weight is 387 g/mol. The quantitative estimate of drug-likeness (QED) is 0.479. The Hall–Kier alpha value is -1.92. The highest BCUT2D eigenvalue weighted by Gasteiger charge is 2.35. The fraction of sp³-hybridized carbons (Fsp3) is 0.636. The molecule has 0 amide bonds. The van der Waals surface area contributed by atoms with Gasteiger partial charge in [0.05, 0.1) is 19.8 Å². The second-order valence-corrected chi connectivity index (χ2v) is 9.70. The minimum atomic E-state index is -0.303. The molecule has 6 heteroatoms. The molecule has 0 bridgehead atoms. The number of nitrogens with two attached hydrogens (primary N) is 1. The fourth-order valence-corrected chi connectivity index (χ4v) is 3.80. The van der Waals surface area contributed by atoms with Gasteiger partial charge in [-0.05, 0) is 42.5 Å². The van der Waals surface area contributed by atoms with Crippen molar-refractivity contribution in [3.05, 3.63) is 28.8 Å². The van der Waals surface area contributed by atoms with Crippen LogP contribution < -0.4 is 10.7 Å². The van der Waals surface area contributed by atoms with Crippen molar-refractivity contribution in [3.63, 3.8) is 0 Å². The summed E-state index contributed by atoms with van der Waals surface area (Å²) in [5.41, 5.74) is 5.81. The molecule has 2 aliphatic heterocycles. The Balaban J connectivity index is 1.66. The van der Waals surface area contributed by atoms with E-state index in [1.807, 2.05) is 0 Å². The van der Waals surface area contributed by atoms with E-state index in [2.05, 4.69) is 68.7 Å². The largest absolute Gasteiger partial charge is 0.370 e. The number of hydrogen-bond donors (Lipinski definition) is 1. The molecule has 2 fully saturated rings. The summed E-state index contributed by atoms with van der Waals surface area (Å²) in [5.74, 6) is 5.67. The number of hydrazone groups is 1. The van der Waals surface area contributed by atoms with Crippen molar-refractivity contribution < 1.29 is 9.47 Å². The van der Waals surface area contributed by atoms with Crippen LogP contribution in [-0.2, 0) is 9.47 Å². The Morgan fingerprint density at radius 1 is 1.11 bits per heavy atom. The predicted octanol–water partition coefficient (Wildman–Crippen LogP) is 3.28. The highest BCUT2D eigenvalue weighted by atomic mass is 16.7. The first-order chi connectivity index (χ1) is 13.1. The maximum Gasteiger partial charge on any atom is 0.176 e. The van der Waals surface area contributed by atoms with Crippen LogP contribution in [0.2, 0.25) is 0 Å². The Labute approximate surface area is 168 Å². The molecule has 3 rings (SSSR count).